The summed E-state index contributed by atoms with van der Waals surface area (Å²) in [6.07, 6.45) is 9.86. The summed E-state index contributed by atoms with van der Waals surface area (Å²) in [4.78, 5) is 2.85. The van der Waals surface area contributed by atoms with E-state index in [4.69, 9.17) is 11.5 Å². The second-order valence-corrected chi connectivity index (χ2v) is 11.6. The van der Waals surface area contributed by atoms with Crippen LogP contribution in [0, 0.1) is 11.3 Å². The van der Waals surface area contributed by atoms with Gasteiger partial charge in [-0.2, -0.15) is 0 Å². The van der Waals surface area contributed by atoms with Gasteiger partial charge in [-0.05, 0) is 78.6 Å². The largest absolute Gasteiger partial charge is 0.316 e. The summed E-state index contributed by atoms with van der Waals surface area (Å²) < 4.78 is 0. The van der Waals surface area contributed by atoms with E-state index >= 15 is 0 Å². The highest BCUT2D eigenvalue weighted by atomic mass is 16.0. The maximum Gasteiger partial charge on any atom is 0.0555 e. The molecule has 0 aliphatic heterocycles. The summed E-state index contributed by atoms with van der Waals surface area (Å²) in [5.74, 6) is 0.369. The van der Waals surface area contributed by atoms with Gasteiger partial charge in [-0.25, -0.2) is 0 Å². The summed E-state index contributed by atoms with van der Waals surface area (Å²) in [6, 6.07) is 0. The minimum absolute atomic E-state index is 0.135. The third-order valence-electron chi connectivity index (χ3n) is 6.45. The molecule has 0 aromatic rings. The summed E-state index contributed by atoms with van der Waals surface area (Å²) in [7, 11) is 0. The van der Waals surface area contributed by atoms with Crippen molar-refractivity contribution in [2.45, 2.75) is 136 Å². The maximum atomic E-state index is 6.27. The molecule has 0 radical (unpaired) electrons. The normalized spacial score (nSPS) is 20.7. The molecule has 0 amide bonds. The smallest absolute Gasteiger partial charge is 0.0555 e. The lowest BCUT2D eigenvalue weighted by molar-refractivity contribution is -0.108. The second-order valence-electron chi connectivity index (χ2n) is 11.6. The van der Waals surface area contributed by atoms with E-state index in [0.717, 1.165) is 12.8 Å². The van der Waals surface area contributed by atoms with Crippen LogP contribution in [0.25, 0.3) is 0 Å². The van der Waals surface area contributed by atoms with Crippen LogP contribution in [0.3, 0.4) is 0 Å². The number of nitrogens with zero attached hydrogens (tertiary/aromatic N) is 1. The minimum Gasteiger partial charge on any atom is -0.316 e. The van der Waals surface area contributed by atoms with Gasteiger partial charge < -0.3 is 11.5 Å². The fourth-order valence-electron chi connectivity index (χ4n) is 6.51. The van der Waals surface area contributed by atoms with Crippen LogP contribution >= 0.6 is 0 Å². The van der Waals surface area contributed by atoms with Gasteiger partial charge in [0.15, 0.2) is 0 Å². The lowest BCUT2D eigenvalue weighted by Crippen LogP contribution is -2.66. The van der Waals surface area contributed by atoms with E-state index in [1.54, 1.807) is 0 Å². The Kier molecular flexibility index (Phi) is 7.81. The van der Waals surface area contributed by atoms with Crippen LogP contribution in [0.2, 0.25) is 0 Å². The highest BCUT2D eigenvalue weighted by Crippen LogP contribution is 2.50. The molecule has 156 valence electrons. The number of hydrogen-bond acceptors (Lipinski definition) is 3. The van der Waals surface area contributed by atoms with Gasteiger partial charge in [0, 0.05) is 16.6 Å². The quantitative estimate of drug-likeness (QED) is 0.450. The Balaban J connectivity index is 3.35. The van der Waals surface area contributed by atoms with Crippen LogP contribution in [-0.2, 0) is 0 Å². The van der Waals surface area contributed by atoms with Gasteiger partial charge in [-0.15, -0.1) is 0 Å². The fourth-order valence-corrected chi connectivity index (χ4v) is 6.51. The van der Waals surface area contributed by atoms with Crippen LogP contribution in [0.4, 0.5) is 0 Å². The monoisotopic (exact) mass is 368 g/mol. The van der Waals surface area contributed by atoms with E-state index < -0.39 is 0 Å². The first-order chi connectivity index (χ1) is 11.7. The fraction of sp³-hybridized carbons (Fsp3) is 1.00. The summed E-state index contributed by atoms with van der Waals surface area (Å²) >= 11 is 0. The molecule has 0 aromatic heterocycles. The van der Waals surface area contributed by atoms with E-state index in [1.807, 2.05) is 0 Å². The van der Waals surface area contributed by atoms with Crippen molar-refractivity contribution in [3.05, 3.63) is 0 Å². The van der Waals surface area contributed by atoms with Crippen molar-refractivity contribution in [2.24, 2.45) is 22.8 Å². The molecule has 0 aromatic carbocycles. The molecule has 1 fully saturated rings. The molecule has 3 nitrogen and oxygen atoms in total. The van der Waals surface area contributed by atoms with Crippen molar-refractivity contribution in [2.75, 3.05) is 0 Å². The first-order valence-corrected chi connectivity index (χ1v) is 11.0. The molecule has 0 heterocycles. The molecule has 0 saturated heterocycles. The molecule has 1 unspecified atom stereocenters. The summed E-state index contributed by atoms with van der Waals surface area (Å²) in [5, 5.41) is 0. The van der Waals surface area contributed by atoms with Crippen molar-refractivity contribution in [1.82, 2.24) is 4.90 Å². The first-order valence-electron chi connectivity index (χ1n) is 11.0. The van der Waals surface area contributed by atoms with Gasteiger partial charge in [0.1, 0.15) is 0 Å². The highest BCUT2D eigenvalue weighted by Gasteiger charge is 2.51. The molecular weight excluding hydrogens is 319 g/mol. The summed E-state index contributed by atoms with van der Waals surface area (Å²) in [5.41, 5.74) is 13.2. The van der Waals surface area contributed by atoms with Crippen LogP contribution in [0.15, 0.2) is 0 Å². The third kappa shape index (κ3) is 5.69. The Labute approximate surface area is 164 Å². The van der Waals surface area contributed by atoms with Gasteiger partial charge >= 0.3 is 0 Å². The standard InChI is InChI=1S/C23H49N3/c1-10-14-18(19(24)25)22(8,9)17-23(15-12-11-13-16-23)26(20(2,3)4)21(5,6)7/h18-19H,10-17,24-25H2,1-9H3/i26+1. The highest BCUT2D eigenvalue weighted by molar-refractivity contribution is 5.06. The van der Waals surface area contributed by atoms with E-state index in [2.05, 4.69) is 67.2 Å². The Hall–Kier alpha value is -0.120. The van der Waals surface area contributed by atoms with Crippen LogP contribution in [0.5, 0.6) is 0 Å². The molecule has 4 N–H and O–H groups in total. The molecule has 1 aliphatic rings. The number of rotatable bonds is 7. The van der Waals surface area contributed by atoms with Gasteiger partial charge in [0.05, 0.1) is 6.17 Å². The van der Waals surface area contributed by atoms with Crippen molar-refractivity contribution >= 4 is 0 Å². The topological polar surface area (TPSA) is 55.3 Å². The van der Waals surface area contributed by atoms with Crippen molar-refractivity contribution in [3.8, 4) is 0 Å². The lowest BCUT2D eigenvalue weighted by atomic mass is 9.64. The van der Waals surface area contributed by atoms with Crippen molar-refractivity contribution < 1.29 is 0 Å². The average molecular weight is 369 g/mol. The van der Waals surface area contributed by atoms with Gasteiger partial charge in [0.2, 0.25) is 0 Å². The van der Waals surface area contributed by atoms with E-state index in [9.17, 15) is 0 Å². The van der Waals surface area contributed by atoms with E-state index in [1.165, 1.54) is 38.5 Å². The number of nitrogens with two attached hydrogens (primary N) is 2. The van der Waals surface area contributed by atoms with Gasteiger partial charge in [0.25, 0.3) is 0 Å². The molecule has 0 bridgehead atoms. The average Bonchev–Trinajstić information content (AvgIpc) is 2.40. The Morgan fingerprint density at radius 1 is 0.846 bits per heavy atom. The number of hydrogen-bond donors (Lipinski definition) is 2. The molecule has 1 saturated carbocycles. The Morgan fingerprint density at radius 2 is 1.31 bits per heavy atom. The molecule has 3 heteroatoms. The van der Waals surface area contributed by atoms with Crippen LogP contribution < -0.4 is 11.5 Å². The summed E-state index contributed by atoms with van der Waals surface area (Å²) in [6.45, 7) is 21.4. The molecular formula is C23H49N3. The SMILES string of the molecule is CCCC(C(N)N)C(C)(C)CC1([15N](C(C)(C)C)C(C)(C)C)CCCCC1. The molecule has 1 atom stereocenters. The zero-order chi connectivity index (χ0) is 20.4. The lowest BCUT2D eigenvalue weighted by Gasteiger charge is -2.61. The van der Waals surface area contributed by atoms with Crippen molar-refractivity contribution in [3.63, 3.8) is 0 Å². The Morgan fingerprint density at radius 3 is 1.65 bits per heavy atom. The predicted octanol–water partition coefficient (Wildman–Crippen LogP) is 5.66. The van der Waals surface area contributed by atoms with Crippen LogP contribution in [0.1, 0.15) is 114 Å². The second kappa shape index (κ2) is 8.49. The molecule has 26 heavy (non-hydrogen) atoms. The molecule has 0 spiro atoms. The maximum absolute atomic E-state index is 6.27. The van der Waals surface area contributed by atoms with Gasteiger partial charge in [-0.1, -0.05) is 46.5 Å². The Bertz CT molecular complexity index is 406. The molecule has 1 aliphatic carbocycles. The minimum atomic E-state index is -0.233. The zero-order valence-corrected chi connectivity index (χ0v) is 19.4. The van der Waals surface area contributed by atoms with Crippen molar-refractivity contribution in [1.29, 1.82) is 0 Å². The van der Waals surface area contributed by atoms with E-state index in [-0.39, 0.29) is 28.2 Å². The predicted molar refractivity (Wildman–Crippen MR) is 116 cm³/mol. The van der Waals surface area contributed by atoms with Crippen LogP contribution in [-0.4, -0.2) is 27.7 Å². The van der Waals surface area contributed by atoms with E-state index in [0.29, 0.717) is 5.92 Å². The zero-order valence-electron chi connectivity index (χ0n) is 19.4. The first kappa shape index (κ1) is 23.9. The van der Waals surface area contributed by atoms with Gasteiger partial charge in [-0.3, -0.25) is 4.90 Å². The molecule has 1 rings (SSSR count). The third-order valence-corrected chi connectivity index (χ3v) is 6.45.